The van der Waals surface area contributed by atoms with Crippen molar-refractivity contribution in [1.82, 2.24) is 0 Å². The average molecular weight is 315 g/mol. The fourth-order valence-corrected chi connectivity index (χ4v) is 2.65. The molecule has 0 amide bonds. The number of hydrogen-bond acceptors (Lipinski definition) is 4. The molecule has 1 N–H and O–H groups in total. The van der Waals surface area contributed by atoms with Crippen LogP contribution in [0.4, 0.5) is 0 Å². The fraction of sp³-hybridized carbons (Fsp3) is 0.333. The van der Waals surface area contributed by atoms with Gasteiger partial charge in [-0.2, -0.15) is 0 Å². The molecule has 1 aliphatic rings. The molecule has 6 heteroatoms. The van der Waals surface area contributed by atoms with Crippen molar-refractivity contribution in [1.29, 1.82) is 0 Å². The van der Waals surface area contributed by atoms with Crippen molar-refractivity contribution in [3.8, 4) is 11.5 Å². The molecule has 0 bridgehead atoms. The van der Waals surface area contributed by atoms with Gasteiger partial charge in [0.05, 0.1) is 4.47 Å². The zero-order valence-corrected chi connectivity index (χ0v) is 11.2. The van der Waals surface area contributed by atoms with E-state index in [1.807, 2.05) is 6.92 Å². The number of carbonyl (C=O) groups is 2. The fourth-order valence-electron chi connectivity index (χ4n) is 1.85. The van der Waals surface area contributed by atoms with Gasteiger partial charge in [0, 0.05) is 5.56 Å². The number of carboxylic acid groups (broad SMARTS) is 1. The van der Waals surface area contributed by atoms with Crippen LogP contribution in [-0.4, -0.2) is 30.1 Å². The van der Waals surface area contributed by atoms with E-state index in [0.717, 1.165) is 0 Å². The molecule has 1 aliphatic heterocycles. The van der Waals surface area contributed by atoms with E-state index >= 15 is 0 Å². The third-order valence-corrected chi connectivity index (χ3v) is 3.51. The number of rotatable bonds is 3. The molecule has 0 saturated carbocycles. The Hall–Kier alpha value is -1.56. The molecule has 0 saturated heterocycles. The van der Waals surface area contributed by atoms with E-state index < -0.39 is 11.8 Å². The lowest BCUT2D eigenvalue weighted by Gasteiger charge is -2.22. The summed E-state index contributed by atoms with van der Waals surface area (Å²) in [6, 6.07) is 1.44. The van der Waals surface area contributed by atoms with Gasteiger partial charge in [-0.1, -0.05) is 6.92 Å². The minimum absolute atomic E-state index is 0.140. The van der Waals surface area contributed by atoms with E-state index in [4.69, 9.17) is 14.6 Å². The highest BCUT2D eigenvalue weighted by atomic mass is 79.9. The van der Waals surface area contributed by atoms with Crippen LogP contribution >= 0.6 is 15.9 Å². The van der Waals surface area contributed by atoms with Gasteiger partial charge in [0.1, 0.15) is 13.2 Å². The minimum atomic E-state index is -1.48. The normalized spacial score (nSPS) is 13.2. The summed E-state index contributed by atoms with van der Waals surface area (Å²) in [5, 5.41) is 8.81. The van der Waals surface area contributed by atoms with Gasteiger partial charge in [-0.25, -0.2) is 4.79 Å². The summed E-state index contributed by atoms with van der Waals surface area (Å²) in [6.07, 6.45) is 0.519. The van der Waals surface area contributed by atoms with Crippen molar-refractivity contribution in [2.75, 3.05) is 13.2 Å². The number of ketones is 1. The quantitative estimate of drug-likeness (QED) is 0.683. The van der Waals surface area contributed by atoms with Crippen LogP contribution in [0.1, 0.15) is 22.8 Å². The van der Waals surface area contributed by atoms with Crippen LogP contribution in [0.2, 0.25) is 0 Å². The van der Waals surface area contributed by atoms with E-state index in [1.165, 1.54) is 6.07 Å². The zero-order valence-electron chi connectivity index (χ0n) is 9.66. The monoisotopic (exact) mass is 314 g/mol. The van der Waals surface area contributed by atoms with Crippen LogP contribution in [0.15, 0.2) is 10.5 Å². The third-order valence-electron chi connectivity index (χ3n) is 2.67. The molecule has 5 nitrogen and oxygen atoms in total. The van der Waals surface area contributed by atoms with Crippen molar-refractivity contribution in [3.05, 3.63) is 21.7 Å². The molecule has 0 aliphatic carbocycles. The van der Waals surface area contributed by atoms with Gasteiger partial charge in [0.15, 0.2) is 11.5 Å². The van der Waals surface area contributed by atoms with Gasteiger partial charge in [-0.05, 0) is 34.0 Å². The maximum atomic E-state index is 11.6. The molecule has 1 heterocycles. The van der Waals surface area contributed by atoms with Gasteiger partial charge >= 0.3 is 5.97 Å². The summed E-state index contributed by atoms with van der Waals surface area (Å²) >= 11 is 3.35. The van der Waals surface area contributed by atoms with E-state index in [0.29, 0.717) is 41.2 Å². The van der Waals surface area contributed by atoms with Crippen LogP contribution in [0.25, 0.3) is 0 Å². The number of carboxylic acids is 1. The highest BCUT2D eigenvalue weighted by Crippen LogP contribution is 2.42. The molecule has 0 spiro atoms. The lowest BCUT2D eigenvalue weighted by molar-refractivity contribution is -0.131. The van der Waals surface area contributed by atoms with Crippen LogP contribution < -0.4 is 9.47 Å². The first-order valence-corrected chi connectivity index (χ1v) is 6.24. The largest absolute Gasteiger partial charge is 0.486 e. The number of carbonyl (C=O) groups excluding carboxylic acids is 1. The highest BCUT2D eigenvalue weighted by molar-refractivity contribution is 9.10. The van der Waals surface area contributed by atoms with E-state index in [9.17, 15) is 9.59 Å². The summed E-state index contributed by atoms with van der Waals surface area (Å²) in [7, 11) is 0. The molecule has 0 aromatic heterocycles. The van der Waals surface area contributed by atoms with Gasteiger partial charge in [-0.15, -0.1) is 0 Å². The Morgan fingerprint density at radius 2 is 2.06 bits per heavy atom. The average Bonchev–Trinajstić information content (AvgIpc) is 2.37. The summed E-state index contributed by atoms with van der Waals surface area (Å²) in [4.78, 5) is 22.5. The number of halogens is 1. The highest BCUT2D eigenvalue weighted by Gasteiger charge is 2.26. The Morgan fingerprint density at radius 3 is 2.67 bits per heavy atom. The zero-order chi connectivity index (χ0) is 13.3. The summed E-state index contributed by atoms with van der Waals surface area (Å²) in [6.45, 7) is 2.65. The Bertz CT molecular complexity index is 524. The second kappa shape index (κ2) is 4.97. The lowest BCUT2D eigenvalue weighted by Crippen LogP contribution is -2.20. The molecule has 2 rings (SSSR count). The predicted octanol–water partition coefficient (Wildman–Crippen LogP) is 2.05. The SMILES string of the molecule is CCc1c(C(=O)C(=O)O)cc2c(c1Br)OCCO2. The standard InChI is InChI=1S/C12H11BrO5/c1-2-6-7(10(14)12(15)16)5-8-11(9(6)13)18-4-3-17-8/h5H,2-4H2,1H3,(H,15,16). The van der Waals surface area contributed by atoms with Crippen LogP contribution in [0.5, 0.6) is 11.5 Å². The maximum Gasteiger partial charge on any atom is 0.377 e. The lowest BCUT2D eigenvalue weighted by atomic mass is 10.00. The maximum absolute atomic E-state index is 11.6. The Kier molecular flexibility index (Phi) is 3.56. The summed E-state index contributed by atoms with van der Waals surface area (Å²) < 4.78 is 11.4. The van der Waals surface area contributed by atoms with Gasteiger partial charge in [0.25, 0.3) is 5.78 Å². The van der Waals surface area contributed by atoms with E-state index in [-0.39, 0.29) is 5.56 Å². The molecule has 0 radical (unpaired) electrons. The molecule has 0 atom stereocenters. The third kappa shape index (κ3) is 2.08. The molecule has 96 valence electrons. The predicted molar refractivity (Wildman–Crippen MR) is 66.5 cm³/mol. The molecular formula is C12H11BrO5. The molecule has 18 heavy (non-hydrogen) atoms. The Balaban J connectivity index is 2.62. The number of benzene rings is 1. The first-order valence-electron chi connectivity index (χ1n) is 5.44. The summed E-state index contributed by atoms with van der Waals surface area (Å²) in [5.41, 5.74) is 0.757. The second-order valence-electron chi connectivity index (χ2n) is 3.73. The molecule has 1 aromatic rings. The first-order chi connectivity index (χ1) is 8.56. The number of hydrogen-bond donors (Lipinski definition) is 1. The van der Waals surface area contributed by atoms with Gasteiger partial charge in [-0.3, -0.25) is 4.79 Å². The summed E-state index contributed by atoms with van der Waals surface area (Å²) in [5.74, 6) is -1.49. The molecule has 0 fully saturated rings. The molecule has 1 aromatic carbocycles. The Labute approximate surface area is 112 Å². The smallest absolute Gasteiger partial charge is 0.377 e. The number of fused-ring (bicyclic) bond motifs is 1. The van der Waals surface area contributed by atoms with Gasteiger partial charge < -0.3 is 14.6 Å². The van der Waals surface area contributed by atoms with Crippen LogP contribution in [-0.2, 0) is 11.2 Å². The number of ether oxygens (including phenoxy) is 2. The van der Waals surface area contributed by atoms with Crippen LogP contribution in [0, 0.1) is 0 Å². The Morgan fingerprint density at radius 1 is 1.39 bits per heavy atom. The van der Waals surface area contributed by atoms with Crippen molar-refractivity contribution in [2.24, 2.45) is 0 Å². The van der Waals surface area contributed by atoms with Gasteiger partial charge in [0.2, 0.25) is 0 Å². The number of Topliss-reactive ketones (excluding diaryl/α,β-unsaturated/α-hetero) is 1. The van der Waals surface area contributed by atoms with Crippen molar-refractivity contribution < 1.29 is 24.2 Å². The first kappa shape index (κ1) is 12.9. The van der Waals surface area contributed by atoms with Crippen molar-refractivity contribution in [2.45, 2.75) is 13.3 Å². The minimum Gasteiger partial charge on any atom is -0.486 e. The topological polar surface area (TPSA) is 72.8 Å². The molecule has 0 unspecified atom stereocenters. The van der Waals surface area contributed by atoms with Crippen molar-refractivity contribution >= 4 is 27.7 Å². The van der Waals surface area contributed by atoms with Crippen LogP contribution in [0.3, 0.4) is 0 Å². The van der Waals surface area contributed by atoms with Crippen molar-refractivity contribution in [3.63, 3.8) is 0 Å². The number of aliphatic carboxylic acids is 1. The molecular weight excluding hydrogens is 304 g/mol. The second-order valence-corrected chi connectivity index (χ2v) is 4.52. The van der Waals surface area contributed by atoms with E-state index in [2.05, 4.69) is 15.9 Å². The van der Waals surface area contributed by atoms with E-state index in [1.54, 1.807) is 0 Å².